The minimum absolute atomic E-state index is 0.296. The van der Waals surface area contributed by atoms with Gasteiger partial charge in [0.2, 0.25) is 0 Å². The molecule has 0 saturated heterocycles. The zero-order valence-corrected chi connectivity index (χ0v) is 16.4. The molecule has 1 unspecified atom stereocenters. The maximum Gasteiger partial charge on any atom is 0.150 e. The van der Waals surface area contributed by atoms with E-state index in [1.807, 2.05) is 10.7 Å². The van der Waals surface area contributed by atoms with Crippen molar-refractivity contribution < 1.29 is 13.5 Å². The number of aromatic nitrogens is 2. The van der Waals surface area contributed by atoms with Crippen LogP contribution in [0.25, 0.3) is 0 Å². The zero-order chi connectivity index (χ0) is 18.9. The van der Waals surface area contributed by atoms with Gasteiger partial charge in [0.05, 0.1) is 23.7 Å². The highest BCUT2D eigenvalue weighted by Gasteiger charge is 2.23. The molecule has 0 bridgehead atoms. The third kappa shape index (κ3) is 4.72. The summed E-state index contributed by atoms with van der Waals surface area (Å²) < 4.78 is 24.6. The van der Waals surface area contributed by atoms with Crippen LogP contribution in [0.5, 0.6) is 0 Å². The molecule has 0 aliphatic carbocycles. The summed E-state index contributed by atoms with van der Waals surface area (Å²) in [6.07, 6.45) is 0.0542. The van der Waals surface area contributed by atoms with E-state index in [1.54, 1.807) is 0 Å². The van der Waals surface area contributed by atoms with Crippen molar-refractivity contribution in [2.24, 2.45) is 0 Å². The van der Waals surface area contributed by atoms with Crippen LogP contribution < -0.4 is 0 Å². The normalized spacial score (nSPS) is 16.7. The number of benzene rings is 1. The lowest BCUT2D eigenvalue weighted by molar-refractivity contribution is 0.191. The summed E-state index contributed by atoms with van der Waals surface area (Å²) in [7, 11) is -3.24. The van der Waals surface area contributed by atoms with Gasteiger partial charge in [-0.2, -0.15) is 5.10 Å². The Kier molecular flexibility index (Phi) is 5.50. The van der Waals surface area contributed by atoms with Crippen LogP contribution in [0.4, 0.5) is 0 Å². The summed E-state index contributed by atoms with van der Waals surface area (Å²) in [6.45, 7) is 7.61. The predicted octanol–water partition coefficient (Wildman–Crippen LogP) is 2.10. The first kappa shape index (κ1) is 19.1. The van der Waals surface area contributed by atoms with E-state index in [0.29, 0.717) is 11.6 Å². The van der Waals surface area contributed by atoms with Gasteiger partial charge in [0.15, 0.2) is 0 Å². The largest absolute Gasteiger partial charge is 0.386 e. The van der Waals surface area contributed by atoms with Crippen LogP contribution in [-0.4, -0.2) is 46.8 Å². The summed E-state index contributed by atoms with van der Waals surface area (Å²) >= 11 is 0. The minimum Gasteiger partial charge on any atom is -0.386 e. The Hall–Kier alpha value is -1.70. The first-order valence-corrected chi connectivity index (χ1v) is 11.0. The van der Waals surface area contributed by atoms with Gasteiger partial charge in [-0.3, -0.25) is 9.58 Å². The van der Waals surface area contributed by atoms with E-state index in [0.717, 1.165) is 38.1 Å². The van der Waals surface area contributed by atoms with Gasteiger partial charge >= 0.3 is 0 Å². The molecule has 1 N–H and O–H groups in total. The maximum absolute atomic E-state index is 11.4. The second-order valence-electron chi connectivity index (χ2n) is 7.50. The molecular formula is C19H27N3O3S. The molecule has 1 aliphatic rings. The first-order valence-electron chi connectivity index (χ1n) is 8.95. The molecule has 1 aromatic carbocycles. The number of fused-ring (bicyclic) bond motifs is 1. The monoisotopic (exact) mass is 377 g/mol. The fourth-order valence-electron chi connectivity index (χ4n) is 3.28. The van der Waals surface area contributed by atoms with Crippen LogP contribution in [0, 0.1) is 0 Å². The standard InChI is InChI=1S/C19H27N3O3S/c1-14(2)16-6-4-15(5-7-16)11-21-8-9-22-17(12-21)10-18(20-22)19(23)13-26(3,24)25/h4-7,10,14,19,23H,8-9,11-13H2,1-3H3. The van der Waals surface area contributed by atoms with Crippen LogP contribution in [-0.2, 0) is 29.5 Å². The zero-order valence-electron chi connectivity index (χ0n) is 15.6. The van der Waals surface area contributed by atoms with E-state index in [4.69, 9.17) is 0 Å². The molecule has 0 fully saturated rings. The highest BCUT2D eigenvalue weighted by Crippen LogP contribution is 2.21. The second-order valence-corrected chi connectivity index (χ2v) is 9.68. The Morgan fingerprint density at radius 3 is 2.50 bits per heavy atom. The molecule has 2 heterocycles. The van der Waals surface area contributed by atoms with E-state index in [1.165, 1.54) is 11.1 Å². The smallest absolute Gasteiger partial charge is 0.150 e. The summed E-state index contributed by atoms with van der Waals surface area (Å²) in [6, 6.07) is 10.6. The van der Waals surface area contributed by atoms with Crippen molar-refractivity contribution in [2.45, 2.75) is 45.5 Å². The maximum atomic E-state index is 11.4. The Labute approximate surface area is 155 Å². The molecule has 142 valence electrons. The number of sulfone groups is 1. The van der Waals surface area contributed by atoms with Crippen LogP contribution in [0.15, 0.2) is 30.3 Å². The van der Waals surface area contributed by atoms with Crippen molar-refractivity contribution in [3.05, 3.63) is 52.8 Å². The van der Waals surface area contributed by atoms with Gasteiger partial charge in [-0.15, -0.1) is 0 Å². The third-order valence-electron chi connectivity index (χ3n) is 4.75. The average molecular weight is 378 g/mol. The lowest BCUT2D eigenvalue weighted by atomic mass is 10.0. The van der Waals surface area contributed by atoms with E-state index in [-0.39, 0.29) is 5.75 Å². The Balaban J connectivity index is 1.66. The molecule has 0 radical (unpaired) electrons. The van der Waals surface area contributed by atoms with Crippen molar-refractivity contribution in [3.63, 3.8) is 0 Å². The lowest BCUT2D eigenvalue weighted by Gasteiger charge is -2.27. The highest BCUT2D eigenvalue weighted by molar-refractivity contribution is 7.90. The number of hydrogen-bond donors (Lipinski definition) is 1. The van der Waals surface area contributed by atoms with E-state index >= 15 is 0 Å². The van der Waals surface area contributed by atoms with E-state index < -0.39 is 15.9 Å². The van der Waals surface area contributed by atoms with Crippen molar-refractivity contribution in [1.82, 2.24) is 14.7 Å². The minimum atomic E-state index is -3.24. The molecule has 0 saturated carbocycles. The van der Waals surface area contributed by atoms with E-state index in [2.05, 4.69) is 48.1 Å². The topological polar surface area (TPSA) is 75.4 Å². The number of aliphatic hydroxyl groups is 1. The fourth-order valence-corrected chi connectivity index (χ4v) is 4.02. The Morgan fingerprint density at radius 1 is 1.19 bits per heavy atom. The van der Waals surface area contributed by atoms with Gasteiger partial charge in [0.1, 0.15) is 15.9 Å². The van der Waals surface area contributed by atoms with Crippen molar-refractivity contribution in [2.75, 3.05) is 18.6 Å². The van der Waals surface area contributed by atoms with Gasteiger partial charge in [-0.05, 0) is 23.1 Å². The number of hydrogen-bond acceptors (Lipinski definition) is 5. The molecule has 26 heavy (non-hydrogen) atoms. The van der Waals surface area contributed by atoms with Gasteiger partial charge in [-0.1, -0.05) is 38.1 Å². The number of nitrogens with zero attached hydrogens (tertiary/aromatic N) is 3. The predicted molar refractivity (Wildman–Crippen MR) is 102 cm³/mol. The first-order chi connectivity index (χ1) is 12.2. The van der Waals surface area contributed by atoms with Gasteiger partial charge in [0.25, 0.3) is 0 Å². The summed E-state index contributed by atoms with van der Waals surface area (Å²) in [5, 5.41) is 14.5. The van der Waals surface area contributed by atoms with Crippen molar-refractivity contribution >= 4 is 9.84 Å². The van der Waals surface area contributed by atoms with Crippen molar-refractivity contribution in [3.8, 4) is 0 Å². The van der Waals surface area contributed by atoms with Gasteiger partial charge in [0, 0.05) is 25.9 Å². The van der Waals surface area contributed by atoms with Crippen LogP contribution in [0.2, 0.25) is 0 Å². The molecule has 6 nitrogen and oxygen atoms in total. The molecule has 1 atom stereocenters. The molecule has 0 amide bonds. The Morgan fingerprint density at radius 2 is 1.88 bits per heavy atom. The number of rotatable bonds is 6. The molecule has 2 aromatic rings. The molecule has 7 heteroatoms. The summed E-state index contributed by atoms with van der Waals surface area (Å²) in [4.78, 5) is 2.34. The summed E-state index contributed by atoms with van der Waals surface area (Å²) in [5.41, 5.74) is 4.07. The van der Waals surface area contributed by atoms with Crippen LogP contribution >= 0.6 is 0 Å². The number of aliphatic hydroxyl groups excluding tert-OH is 1. The molecule has 3 rings (SSSR count). The molecule has 0 spiro atoms. The summed E-state index contributed by atoms with van der Waals surface area (Å²) in [5.74, 6) is 0.236. The van der Waals surface area contributed by atoms with Crippen LogP contribution in [0.3, 0.4) is 0 Å². The van der Waals surface area contributed by atoms with Crippen LogP contribution in [0.1, 0.15) is 48.4 Å². The second kappa shape index (κ2) is 7.50. The van der Waals surface area contributed by atoms with E-state index in [9.17, 15) is 13.5 Å². The SMILES string of the molecule is CC(C)c1ccc(CN2CCn3nc(C(O)CS(C)(=O)=O)cc3C2)cc1. The molecular weight excluding hydrogens is 350 g/mol. The third-order valence-corrected chi connectivity index (χ3v) is 5.67. The molecule has 1 aliphatic heterocycles. The molecule has 1 aromatic heterocycles. The van der Waals surface area contributed by atoms with Gasteiger partial charge in [-0.25, -0.2) is 8.42 Å². The quantitative estimate of drug-likeness (QED) is 0.834. The lowest BCUT2D eigenvalue weighted by Crippen LogP contribution is -2.33. The van der Waals surface area contributed by atoms with Crippen molar-refractivity contribution in [1.29, 1.82) is 0 Å². The fraction of sp³-hybridized carbons (Fsp3) is 0.526. The van der Waals surface area contributed by atoms with Gasteiger partial charge < -0.3 is 5.11 Å². The average Bonchev–Trinajstić information content (AvgIpc) is 2.97. The highest BCUT2D eigenvalue weighted by atomic mass is 32.2. The Bertz CT molecular complexity index is 857.